The first kappa shape index (κ1) is 60.6. The third-order valence-electron chi connectivity index (χ3n) is 13.1. The van der Waals surface area contributed by atoms with Gasteiger partial charge in [-0.2, -0.15) is 0 Å². The molecule has 0 radical (unpaired) electrons. The Morgan fingerprint density at radius 1 is 0.452 bits per heavy atom. The third kappa shape index (κ3) is 45.2. The van der Waals surface area contributed by atoms with Crippen LogP contribution in [-0.2, 0) is 14.3 Å². The Labute approximate surface area is 387 Å². The Balaban J connectivity index is 4.53. The molecule has 0 aromatic rings. The number of unbranched alkanes of at least 4 members (excludes halogenated alkanes) is 37. The van der Waals surface area contributed by atoms with E-state index in [4.69, 9.17) is 4.74 Å². The SMILES string of the molecule is CCCCCCCC/C=C/CCCCCCCC(CC(=O)NC(CO)C(O)CCCCCCCCCCCCCC)OC(=O)CCCCCCCCCCCCCCCCCC. The largest absolute Gasteiger partial charge is 0.462 e. The molecular formula is C56H109NO5. The topological polar surface area (TPSA) is 95.9 Å². The van der Waals surface area contributed by atoms with Crippen molar-refractivity contribution in [3.63, 3.8) is 0 Å². The summed E-state index contributed by atoms with van der Waals surface area (Å²) in [7, 11) is 0. The number of allylic oxidation sites excluding steroid dienone is 2. The molecule has 368 valence electrons. The molecule has 0 aromatic heterocycles. The number of ether oxygens (including phenoxy) is 1. The highest BCUT2D eigenvalue weighted by Gasteiger charge is 2.24. The van der Waals surface area contributed by atoms with Crippen LogP contribution in [0.15, 0.2) is 12.2 Å². The number of amides is 1. The average molecular weight is 876 g/mol. The summed E-state index contributed by atoms with van der Waals surface area (Å²) in [6, 6.07) is -0.698. The molecule has 0 heterocycles. The lowest BCUT2D eigenvalue weighted by Gasteiger charge is -2.24. The molecule has 62 heavy (non-hydrogen) atoms. The molecule has 0 rings (SSSR count). The highest BCUT2D eigenvalue weighted by molar-refractivity contribution is 5.77. The molecule has 0 aliphatic carbocycles. The molecule has 6 heteroatoms. The molecule has 6 nitrogen and oxygen atoms in total. The van der Waals surface area contributed by atoms with Crippen molar-refractivity contribution >= 4 is 11.9 Å². The molecule has 0 aliphatic rings. The summed E-state index contributed by atoms with van der Waals surface area (Å²) in [5.41, 5.74) is 0. The first-order valence-electron chi connectivity index (χ1n) is 27.9. The number of hydrogen-bond donors (Lipinski definition) is 3. The van der Waals surface area contributed by atoms with Gasteiger partial charge >= 0.3 is 5.97 Å². The van der Waals surface area contributed by atoms with E-state index >= 15 is 0 Å². The van der Waals surface area contributed by atoms with Gasteiger partial charge in [-0.3, -0.25) is 9.59 Å². The quantitative estimate of drug-likeness (QED) is 0.0321. The second-order valence-corrected chi connectivity index (χ2v) is 19.3. The zero-order valence-corrected chi connectivity index (χ0v) is 42.0. The Bertz CT molecular complexity index is 939. The van der Waals surface area contributed by atoms with Crippen LogP contribution < -0.4 is 5.32 Å². The van der Waals surface area contributed by atoms with Crippen molar-refractivity contribution in [2.75, 3.05) is 6.61 Å². The zero-order valence-electron chi connectivity index (χ0n) is 42.0. The zero-order chi connectivity index (χ0) is 45.2. The predicted molar refractivity (Wildman–Crippen MR) is 269 cm³/mol. The van der Waals surface area contributed by atoms with E-state index in [1.807, 2.05) is 0 Å². The van der Waals surface area contributed by atoms with Gasteiger partial charge in [0, 0.05) is 6.42 Å². The normalized spacial score (nSPS) is 13.2. The van der Waals surface area contributed by atoms with Crippen molar-refractivity contribution in [1.29, 1.82) is 0 Å². The second kappa shape index (κ2) is 50.6. The van der Waals surface area contributed by atoms with Crippen LogP contribution in [0.3, 0.4) is 0 Å². The van der Waals surface area contributed by atoms with Crippen LogP contribution in [0.1, 0.15) is 310 Å². The third-order valence-corrected chi connectivity index (χ3v) is 13.1. The summed E-state index contributed by atoms with van der Waals surface area (Å²) in [5.74, 6) is -0.461. The fourth-order valence-electron chi connectivity index (χ4n) is 8.84. The number of carbonyl (C=O) groups excluding carboxylic acids is 2. The Morgan fingerprint density at radius 3 is 1.15 bits per heavy atom. The minimum Gasteiger partial charge on any atom is -0.462 e. The average Bonchev–Trinajstić information content (AvgIpc) is 3.26. The summed E-state index contributed by atoms with van der Waals surface area (Å²) in [5, 5.41) is 23.8. The molecular weight excluding hydrogens is 767 g/mol. The number of hydrogen-bond acceptors (Lipinski definition) is 5. The van der Waals surface area contributed by atoms with E-state index in [-0.39, 0.29) is 24.9 Å². The molecule has 3 atom stereocenters. The maximum absolute atomic E-state index is 13.2. The number of rotatable bonds is 51. The highest BCUT2D eigenvalue weighted by Crippen LogP contribution is 2.19. The monoisotopic (exact) mass is 876 g/mol. The van der Waals surface area contributed by atoms with Gasteiger partial charge in [-0.25, -0.2) is 0 Å². The van der Waals surface area contributed by atoms with Crippen molar-refractivity contribution in [2.24, 2.45) is 0 Å². The first-order valence-corrected chi connectivity index (χ1v) is 27.9. The van der Waals surface area contributed by atoms with Crippen LogP contribution >= 0.6 is 0 Å². The van der Waals surface area contributed by atoms with E-state index in [0.29, 0.717) is 19.3 Å². The lowest BCUT2D eigenvalue weighted by molar-refractivity contribution is -0.151. The molecule has 0 aromatic carbocycles. The molecule has 3 unspecified atom stereocenters. The number of esters is 1. The van der Waals surface area contributed by atoms with Gasteiger partial charge in [0.15, 0.2) is 0 Å². The molecule has 0 saturated carbocycles. The van der Waals surface area contributed by atoms with E-state index in [0.717, 1.165) is 57.8 Å². The van der Waals surface area contributed by atoms with Gasteiger partial charge in [0.05, 0.1) is 25.2 Å². The highest BCUT2D eigenvalue weighted by atomic mass is 16.5. The van der Waals surface area contributed by atoms with Crippen LogP contribution in [0.2, 0.25) is 0 Å². The molecule has 0 aliphatic heterocycles. The summed E-state index contributed by atoms with van der Waals surface area (Å²) >= 11 is 0. The van der Waals surface area contributed by atoms with Gasteiger partial charge in [0.2, 0.25) is 5.91 Å². The molecule has 3 N–H and O–H groups in total. The summed E-state index contributed by atoms with van der Waals surface area (Å²) in [4.78, 5) is 26.2. The van der Waals surface area contributed by atoms with Crippen LogP contribution in [0.4, 0.5) is 0 Å². The molecule has 0 saturated heterocycles. The van der Waals surface area contributed by atoms with Crippen LogP contribution in [0.25, 0.3) is 0 Å². The van der Waals surface area contributed by atoms with E-state index < -0.39 is 18.2 Å². The number of aliphatic hydroxyl groups is 2. The van der Waals surface area contributed by atoms with Crippen molar-refractivity contribution in [2.45, 2.75) is 328 Å². The van der Waals surface area contributed by atoms with Crippen molar-refractivity contribution in [3.8, 4) is 0 Å². The predicted octanol–water partition coefficient (Wildman–Crippen LogP) is 16.9. The molecule has 0 bridgehead atoms. The number of carbonyl (C=O) groups is 2. The lowest BCUT2D eigenvalue weighted by atomic mass is 10.0. The van der Waals surface area contributed by atoms with Crippen LogP contribution in [0, 0.1) is 0 Å². The van der Waals surface area contributed by atoms with Gasteiger partial charge in [0.1, 0.15) is 6.10 Å². The van der Waals surface area contributed by atoms with Gasteiger partial charge in [0.25, 0.3) is 0 Å². The summed E-state index contributed by atoms with van der Waals surface area (Å²) in [6.45, 7) is 6.51. The maximum atomic E-state index is 13.2. The van der Waals surface area contributed by atoms with Crippen LogP contribution in [-0.4, -0.2) is 46.9 Å². The Morgan fingerprint density at radius 2 is 0.774 bits per heavy atom. The van der Waals surface area contributed by atoms with Gasteiger partial charge in [-0.05, 0) is 51.4 Å². The minimum absolute atomic E-state index is 0.0793. The standard InChI is InChI=1S/C56H109NO5/c1-4-7-10-13-16-19-22-25-27-29-31-34-37-40-43-46-49-56(61)62-52(47-44-41-38-35-32-30-28-26-23-20-17-14-11-8-5-2)50-55(60)57-53(51-58)54(59)48-45-42-39-36-33-24-21-18-15-12-9-6-3/h26,28,52-54,58-59H,4-25,27,29-51H2,1-3H3,(H,57,60)/b28-26+. The molecule has 0 spiro atoms. The van der Waals surface area contributed by atoms with Crippen LogP contribution in [0.5, 0.6) is 0 Å². The van der Waals surface area contributed by atoms with Gasteiger partial charge in [-0.15, -0.1) is 0 Å². The molecule has 0 fully saturated rings. The number of aliphatic hydroxyl groups excluding tert-OH is 2. The number of nitrogens with one attached hydrogen (secondary N) is 1. The van der Waals surface area contributed by atoms with Crippen molar-refractivity contribution < 1.29 is 24.5 Å². The van der Waals surface area contributed by atoms with Crippen molar-refractivity contribution in [3.05, 3.63) is 12.2 Å². The smallest absolute Gasteiger partial charge is 0.306 e. The minimum atomic E-state index is -0.784. The van der Waals surface area contributed by atoms with Gasteiger partial charge in [-0.1, -0.05) is 258 Å². The van der Waals surface area contributed by atoms with Crippen molar-refractivity contribution in [1.82, 2.24) is 5.32 Å². The fraction of sp³-hybridized carbons (Fsp3) is 0.929. The molecule has 1 amide bonds. The van der Waals surface area contributed by atoms with E-state index in [1.54, 1.807) is 0 Å². The maximum Gasteiger partial charge on any atom is 0.306 e. The van der Waals surface area contributed by atoms with E-state index in [1.165, 1.54) is 205 Å². The summed E-state index contributed by atoms with van der Waals surface area (Å²) < 4.78 is 5.96. The van der Waals surface area contributed by atoms with Gasteiger partial charge < -0.3 is 20.3 Å². The lowest BCUT2D eigenvalue weighted by Crippen LogP contribution is -2.46. The fourth-order valence-corrected chi connectivity index (χ4v) is 8.84. The summed E-state index contributed by atoms with van der Waals surface area (Å²) in [6.07, 6.45) is 57.0. The Kier molecular flexibility index (Phi) is 49.5. The second-order valence-electron chi connectivity index (χ2n) is 19.3. The first-order chi connectivity index (χ1) is 30.5. The Hall–Kier alpha value is -1.40. The van der Waals surface area contributed by atoms with E-state index in [2.05, 4.69) is 38.2 Å². The van der Waals surface area contributed by atoms with E-state index in [9.17, 15) is 19.8 Å².